The molecule has 2 N–H and O–H groups in total. The molecular weight excluding hydrogens is 526 g/mol. The molecule has 1 aromatic heterocycles. The Morgan fingerprint density at radius 1 is 1.13 bits per heavy atom. The van der Waals surface area contributed by atoms with Crippen LogP contribution in [0.25, 0.3) is 10.6 Å². The molecule has 38 heavy (non-hydrogen) atoms. The number of rotatable bonds is 8. The monoisotopic (exact) mass is 551 g/mol. The van der Waals surface area contributed by atoms with Crippen molar-refractivity contribution >= 4 is 17.2 Å². The van der Waals surface area contributed by atoms with Crippen LogP contribution in [-0.4, -0.2) is 59.8 Å². The number of halogens is 4. The molecule has 2 aliphatic rings. The molecule has 2 aliphatic heterocycles. The van der Waals surface area contributed by atoms with Crippen LogP contribution in [-0.2, 0) is 10.7 Å². The number of nitrogens with zero attached hydrogens (tertiary/aromatic N) is 2. The summed E-state index contributed by atoms with van der Waals surface area (Å²) in [6, 6.07) is 6.45. The number of likely N-dealkylation sites (tertiary alicyclic amines) is 1. The van der Waals surface area contributed by atoms with Crippen LogP contribution in [0.2, 0.25) is 0 Å². The van der Waals surface area contributed by atoms with Crippen molar-refractivity contribution in [3.8, 4) is 22.1 Å². The van der Waals surface area contributed by atoms with E-state index < -0.39 is 41.3 Å². The van der Waals surface area contributed by atoms with E-state index in [1.807, 2.05) is 4.90 Å². The van der Waals surface area contributed by atoms with E-state index in [-0.39, 0.29) is 41.8 Å². The van der Waals surface area contributed by atoms with Gasteiger partial charge in [-0.3, -0.25) is 4.79 Å². The van der Waals surface area contributed by atoms with Gasteiger partial charge in [-0.1, -0.05) is 0 Å². The molecule has 3 aromatic rings. The van der Waals surface area contributed by atoms with Crippen LogP contribution < -0.4 is 14.8 Å². The van der Waals surface area contributed by atoms with E-state index in [1.165, 1.54) is 30.3 Å². The SMILES string of the molecule is O=C(N[C@H](CN1CCCC1)[C@H](O)c1cc(F)c2c(c1)OCCO2)C(F)(F)c1csc(-c2ccc(F)cc2)n1. The van der Waals surface area contributed by atoms with Crippen molar-refractivity contribution in [3.63, 3.8) is 0 Å². The largest absolute Gasteiger partial charge is 0.486 e. The Bertz CT molecular complexity index is 1300. The summed E-state index contributed by atoms with van der Waals surface area (Å²) in [5.74, 6) is -6.89. The van der Waals surface area contributed by atoms with E-state index in [1.54, 1.807) is 0 Å². The second-order valence-electron chi connectivity index (χ2n) is 9.18. The van der Waals surface area contributed by atoms with E-state index in [2.05, 4.69) is 10.3 Å². The number of amides is 1. The Morgan fingerprint density at radius 3 is 2.58 bits per heavy atom. The van der Waals surface area contributed by atoms with Gasteiger partial charge in [0.25, 0.3) is 5.91 Å². The molecule has 0 saturated carbocycles. The molecule has 202 valence electrons. The molecule has 1 fully saturated rings. The summed E-state index contributed by atoms with van der Waals surface area (Å²) in [4.78, 5) is 18.7. The predicted molar refractivity (Wildman–Crippen MR) is 131 cm³/mol. The van der Waals surface area contributed by atoms with Crippen molar-refractivity contribution in [2.45, 2.75) is 30.9 Å². The van der Waals surface area contributed by atoms with Crippen LogP contribution in [0.4, 0.5) is 17.6 Å². The molecule has 2 aromatic carbocycles. The van der Waals surface area contributed by atoms with Crippen molar-refractivity contribution in [1.82, 2.24) is 15.2 Å². The molecule has 0 unspecified atom stereocenters. The first kappa shape index (κ1) is 26.4. The molecule has 0 bridgehead atoms. The Morgan fingerprint density at radius 2 is 1.84 bits per heavy atom. The number of alkyl halides is 2. The van der Waals surface area contributed by atoms with Gasteiger partial charge in [0.05, 0.1) is 6.04 Å². The normalized spacial score (nSPS) is 17.3. The summed E-state index contributed by atoms with van der Waals surface area (Å²) in [5, 5.41) is 14.7. The minimum atomic E-state index is -4.02. The third kappa shape index (κ3) is 5.47. The van der Waals surface area contributed by atoms with Crippen LogP contribution in [0.15, 0.2) is 41.8 Å². The van der Waals surface area contributed by atoms with E-state index in [4.69, 9.17) is 9.47 Å². The lowest BCUT2D eigenvalue weighted by molar-refractivity contribution is -0.149. The molecule has 1 amide bonds. The van der Waals surface area contributed by atoms with E-state index in [0.29, 0.717) is 18.7 Å². The topological polar surface area (TPSA) is 83.9 Å². The number of aromatic nitrogens is 1. The van der Waals surface area contributed by atoms with Crippen LogP contribution >= 0.6 is 11.3 Å². The van der Waals surface area contributed by atoms with Gasteiger partial charge >= 0.3 is 5.92 Å². The highest BCUT2D eigenvalue weighted by atomic mass is 32.1. The van der Waals surface area contributed by atoms with Crippen LogP contribution in [0, 0.1) is 11.6 Å². The highest BCUT2D eigenvalue weighted by Crippen LogP contribution is 2.37. The minimum Gasteiger partial charge on any atom is -0.486 e. The van der Waals surface area contributed by atoms with Crippen molar-refractivity contribution in [2.75, 3.05) is 32.8 Å². The third-order valence-corrected chi connectivity index (χ3v) is 7.41. The average Bonchev–Trinajstić information content (AvgIpc) is 3.61. The molecule has 1 saturated heterocycles. The molecule has 12 heteroatoms. The number of carbonyl (C=O) groups is 1. The molecular formula is C26H25F4N3O4S. The van der Waals surface area contributed by atoms with Crippen molar-refractivity contribution < 1.29 is 36.9 Å². The zero-order chi connectivity index (χ0) is 26.9. The Kier molecular flexibility index (Phi) is 7.55. The summed E-state index contributed by atoms with van der Waals surface area (Å²) in [6.07, 6.45) is 0.290. The van der Waals surface area contributed by atoms with Gasteiger partial charge in [-0.2, -0.15) is 8.78 Å². The lowest BCUT2D eigenvalue weighted by atomic mass is 10.00. The zero-order valence-corrected chi connectivity index (χ0v) is 20.9. The van der Waals surface area contributed by atoms with Gasteiger partial charge in [-0.15, -0.1) is 11.3 Å². The molecule has 0 spiro atoms. The number of aliphatic hydroxyl groups is 1. The van der Waals surface area contributed by atoms with Gasteiger partial charge in [0.2, 0.25) is 0 Å². The molecule has 2 atom stereocenters. The average molecular weight is 552 g/mol. The number of ether oxygens (including phenoxy) is 2. The highest BCUT2D eigenvalue weighted by molar-refractivity contribution is 7.13. The Hall–Kier alpha value is -3.22. The standard InChI is InChI=1S/C26H25F4N3O4S/c27-17-5-3-15(4-6-17)24-32-21(14-38-24)26(29,30)25(35)31-19(13-33-7-1-2-8-33)22(34)16-11-18(28)23-20(12-16)36-9-10-37-23/h3-6,11-12,14,19,22,34H,1-2,7-10,13H2,(H,31,35)/t19-,22-/m1/s1. The summed E-state index contributed by atoms with van der Waals surface area (Å²) < 4.78 is 69.1. The van der Waals surface area contributed by atoms with Crippen LogP contribution in [0.1, 0.15) is 30.2 Å². The van der Waals surface area contributed by atoms with Crippen LogP contribution in [0.3, 0.4) is 0 Å². The van der Waals surface area contributed by atoms with Crippen molar-refractivity contribution in [3.05, 3.63) is 64.7 Å². The lowest BCUT2D eigenvalue weighted by Gasteiger charge is -2.30. The number of thiazole rings is 1. The van der Waals surface area contributed by atoms with E-state index >= 15 is 8.78 Å². The number of hydrogen-bond donors (Lipinski definition) is 2. The van der Waals surface area contributed by atoms with Gasteiger partial charge in [-0.25, -0.2) is 13.8 Å². The first-order valence-corrected chi connectivity index (χ1v) is 13.0. The number of aliphatic hydroxyl groups excluding tert-OH is 1. The maximum Gasteiger partial charge on any atom is 0.366 e. The smallest absolute Gasteiger partial charge is 0.366 e. The van der Waals surface area contributed by atoms with Gasteiger partial charge < -0.3 is 24.8 Å². The molecule has 5 rings (SSSR count). The molecule has 3 heterocycles. The van der Waals surface area contributed by atoms with E-state index in [0.717, 1.165) is 35.6 Å². The summed E-state index contributed by atoms with van der Waals surface area (Å²) in [5.41, 5.74) is -0.271. The molecule has 0 radical (unpaired) electrons. The molecule has 7 nitrogen and oxygen atoms in total. The third-order valence-electron chi connectivity index (χ3n) is 6.51. The molecule has 0 aliphatic carbocycles. The number of nitrogens with one attached hydrogen (secondary N) is 1. The fourth-order valence-electron chi connectivity index (χ4n) is 4.52. The quantitative estimate of drug-likeness (QED) is 0.407. The van der Waals surface area contributed by atoms with Crippen molar-refractivity contribution in [1.29, 1.82) is 0 Å². The summed E-state index contributed by atoms with van der Waals surface area (Å²) in [7, 11) is 0. The van der Waals surface area contributed by atoms with Crippen molar-refractivity contribution in [2.24, 2.45) is 0 Å². The first-order valence-electron chi connectivity index (χ1n) is 12.1. The van der Waals surface area contributed by atoms with Crippen LogP contribution in [0.5, 0.6) is 11.5 Å². The summed E-state index contributed by atoms with van der Waals surface area (Å²) in [6.45, 7) is 1.81. The second kappa shape index (κ2) is 10.9. The number of benzene rings is 2. The second-order valence-corrected chi connectivity index (χ2v) is 10.0. The fourth-order valence-corrected chi connectivity index (χ4v) is 5.37. The number of fused-ring (bicyclic) bond motifs is 1. The van der Waals surface area contributed by atoms with Gasteiger partial charge in [-0.05, 0) is 67.9 Å². The lowest BCUT2D eigenvalue weighted by Crippen LogP contribution is -2.51. The maximum atomic E-state index is 15.3. The number of carbonyl (C=O) groups excluding carboxylic acids is 1. The summed E-state index contributed by atoms with van der Waals surface area (Å²) >= 11 is 0.897. The fraction of sp³-hybridized carbons (Fsp3) is 0.385. The zero-order valence-electron chi connectivity index (χ0n) is 20.1. The Balaban J connectivity index is 1.38. The van der Waals surface area contributed by atoms with Gasteiger partial charge in [0, 0.05) is 17.5 Å². The van der Waals surface area contributed by atoms with Gasteiger partial charge in [0.15, 0.2) is 17.3 Å². The minimum absolute atomic E-state index is 0.0619. The Labute approximate surface area is 220 Å². The highest BCUT2D eigenvalue weighted by Gasteiger charge is 2.45. The number of hydrogen-bond acceptors (Lipinski definition) is 7. The maximum absolute atomic E-state index is 15.3. The predicted octanol–water partition coefficient (Wildman–Crippen LogP) is 4.27. The van der Waals surface area contributed by atoms with E-state index in [9.17, 15) is 18.7 Å². The first-order chi connectivity index (χ1) is 18.2. The van der Waals surface area contributed by atoms with Gasteiger partial charge in [0.1, 0.15) is 35.8 Å².